The highest BCUT2D eigenvalue weighted by Gasteiger charge is 2.14. The monoisotopic (exact) mass is 195 g/mol. The van der Waals surface area contributed by atoms with Crippen LogP contribution in [0.1, 0.15) is 18.6 Å². The van der Waals surface area contributed by atoms with E-state index < -0.39 is 0 Å². The summed E-state index contributed by atoms with van der Waals surface area (Å²) in [5, 5.41) is 0. The first-order valence-corrected chi connectivity index (χ1v) is 4.61. The first-order valence-electron chi connectivity index (χ1n) is 4.61. The van der Waals surface area contributed by atoms with Gasteiger partial charge in [0, 0.05) is 13.2 Å². The molecule has 0 aliphatic rings. The predicted molar refractivity (Wildman–Crippen MR) is 56.4 cm³/mol. The molecule has 3 heteroatoms. The maximum absolute atomic E-state index is 5.79. The van der Waals surface area contributed by atoms with Crippen molar-refractivity contribution < 1.29 is 9.47 Å². The molecule has 3 nitrogen and oxygen atoms in total. The molecule has 1 rings (SSSR count). The lowest BCUT2D eigenvalue weighted by Gasteiger charge is -2.19. The zero-order valence-electron chi connectivity index (χ0n) is 8.86. The molecule has 0 amide bonds. The van der Waals surface area contributed by atoms with Gasteiger partial charge in [-0.25, -0.2) is 0 Å². The first-order chi connectivity index (χ1) is 6.69. The maximum Gasteiger partial charge on any atom is 0.118 e. The highest BCUT2D eigenvalue weighted by Crippen LogP contribution is 2.21. The van der Waals surface area contributed by atoms with Crippen molar-refractivity contribution in [3.05, 3.63) is 29.8 Å². The standard InChI is InChI=1S/C11H17NO2/c1-8(12)11(14-3)9-4-6-10(13-2)7-5-9/h4-8,11H,12H2,1-3H3/t8-,11+/m0/s1. The van der Waals surface area contributed by atoms with Gasteiger partial charge in [-0.1, -0.05) is 12.1 Å². The topological polar surface area (TPSA) is 44.5 Å². The van der Waals surface area contributed by atoms with Gasteiger partial charge in [-0.3, -0.25) is 0 Å². The highest BCUT2D eigenvalue weighted by atomic mass is 16.5. The molecule has 78 valence electrons. The minimum absolute atomic E-state index is 0.0200. The van der Waals surface area contributed by atoms with Crippen molar-refractivity contribution in [3.63, 3.8) is 0 Å². The van der Waals surface area contributed by atoms with E-state index in [1.807, 2.05) is 31.2 Å². The number of methoxy groups -OCH3 is 2. The van der Waals surface area contributed by atoms with Crippen LogP contribution in [0.5, 0.6) is 5.75 Å². The summed E-state index contributed by atoms with van der Waals surface area (Å²) in [6.45, 7) is 1.93. The van der Waals surface area contributed by atoms with Crippen molar-refractivity contribution in [2.75, 3.05) is 14.2 Å². The van der Waals surface area contributed by atoms with Crippen molar-refractivity contribution in [2.24, 2.45) is 5.73 Å². The van der Waals surface area contributed by atoms with Gasteiger partial charge < -0.3 is 15.2 Å². The number of rotatable bonds is 4. The Morgan fingerprint density at radius 1 is 1.14 bits per heavy atom. The summed E-state index contributed by atoms with van der Waals surface area (Å²) in [6, 6.07) is 7.73. The first kappa shape index (κ1) is 11.0. The van der Waals surface area contributed by atoms with Crippen LogP contribution in [-0.4, -0.2) is 20.3 Å². The SMILES string of the molecule is COc1ccc([C@H](OC)[C@H](C)N)cc1. The van der Waals surface area contributed by atoms with Gasteiger partial charge in [0.15, 0.2) is 0 Å². The van der Waals surface area contributed by atoms with Gasteiger partial charge in [0.1, 0.15) is 5.75 Å². The molecule has 14 heavy (non-hydrogen) atoms. The Labute approximate surface area is 84.8 Å². The molecule has 0 unspecified atom stereocenters. The Balaban J connectivity index is 2.84. The average Bonchev–Trinajstić information content (AvgIpc) is 2.19. The Morgan fingerprint density at radius 2 is 1.71 bits per heavy atom. The molecule has 2 N–H and O–H groups in total. The van der Waals surface area contributed by atoms with E-state index in [2.05, 4.69) is 0 Å². The van der Waals surface area contributed by atoms with E-state index in [1.54, 1.807) is 14.2 Å². The van der Waals surface area contributed by atoms with Crippen LogP contribution in [0.4, 0.5) is 0 Å². The largest absolute Gasteiger partial charge is 0.497 e. The maximum atomic E-state index is 5.79. The average molecular weight is 195 g/mol. The third-order valence-electron chi connectivity index (χ3n) is 2.18. The van der Waals surface area contributed by atoms with Gasteiger partial charge >= 0.3 is 0 Å². The molecule has 0 aliphatic heterocycles. The Hall–Kier alpha value is -1.06. The number of hydrogen-bond donors (Lipinski definition) is 1. The third-order valence-corrected chi connectivity index (χ3v) is 2.18. The quantitative estimate of drug-likeness (QED) is 0.795. The summed E-state index contributed by atoms with van der Waals surface area (Å²) in [6.07, 6.45) is -0.0547. The molecule has 0 saturated carbocycles. The van der Waals surface area contributed by atoms with E-state index in [1.165, 1.54) is 0 Å². The normalized spacial score (nSPS) is 14.9. The highest BCUT2D eigenvalue weighted by molar-refractivity contribution is 5.29. The van der Waals surface area contributed by atoms with Crippen LogP contribution < -0.4 is 10.5 Å². The number of nitrogens with two attached hydrogens (primary N) is 1. The van der Waals surface area contributed by atoms with Crippen molar-refractivity contribution in [1.82, 2.24) is 0 Å². The van der Waals surface area contributed by atoms with Crippen molar-refractivity contribution in [2.45, 2.75) is 19.1 Å². The van der Waals surface area contributed by atoms with E-state index in [-0.39, 0.29) is 12.1 Å². The molecule has 0 aliphatic carbocycles. The van der Waals surface area contributed by atoms with Crippen LogP contribution in [0.25, 0.3) is 0 Å². The van der Waals surface area contributed by atoms with Crippen LogP contribution >= 0.6 is 0 Å². The smallest absolute Gasteiger partial charge is 0.118 e. The van der Waals surface area contributed by atoms with E-state index in [4.69, 9.17) is 15.2 Å². The van der Waals surface area contributed by atoms with E-state index in [0.29, 0.717) is 0 Å². The van der Waals surface area contributed by atoms with Crippen LogP contribution in [-0.2, 0) is 4.74 Å². The van der Waals surface area contributed by atoms with Gasteiger partial charge in [0.25, 0.3) is 0 Å². The van der Waals surface area contributed by atoms with Crippen LogP contribution in [0.15, 0.2) is 24.3 Å². The molecular weight excluding hydrogens is 178 g/mol. The molecule has 0 aromatic heterocycles. The molecule has 0 fully saturated rings. The zero-order valence-corrected chi connectivity index (χ0v) is 8.86. The second-order valence-corrected chi connectivity index (χ2v) is 3.29. The summed E-state index contributed by atoms with van der Waals surface area (Å²) >= 11 is 0. The van der Waals surface area contributed by atoms with Gasteiger partial charge in [0.2, 0.25) is 0 Å². The van der Waals surface area contributed by atoms with E-state index >= 15 is 0 Å². The van der Waals surface area contributed by atoms with Crippen LogP contribution in [0.2, 0.25) is 0 Å². The summed E-state index contributed by atoms with van der Waals surface area (Å²) in [5.41, 5.74) is 6.87. The molecule has 1 aromatic carbocycles. The lowest BCUT2D eigenvalue weighted by molar-refractivity contribution is 0.0853. The fraction of sp³-hybridized carbons (Fsp3) is 0.455. The van der Waals surface area contributed by atoms with Crippen LogP contribution in [0, 0.1) is 0 Å². The van der Waals surface area contributed by atoms with Crippen LogP contribution in [0.3, 0.4) is 0 Å². The molecule has 0 heterocycles. The minimum atomic E-state index is -0.0547. The molecule has 0 radical (unpaired) electrons. The van der Waals surface area contributed by atoms with Gasteiger partial charge in [0.05, 0.1) is 13.2 Å². The predicted octanol–water partition coefficient (Wildman–Crippen LogP) is 1.73. The number of benzene rings is 1. The molecule has 1 aromatic rings. The molecular formula is C11H17NO2. The summed E-state index contributed by atoms with van der Waals surface area (Å²) in [5.74, 6) is 0.841. The van der Waals surface area contributed by atoms with Crippen molar-refractivity contribution >= 4 is 0 Å². The third kappa shape index (κ3) is 2.47. The zero-order chi connectivity index (χ0) is 10.6. The Bertz CT molecular complexity index is 269. The molecule has 2 atom stereocenters. The van der Waals surface area contributed by atoms with E-state index in [0.717, 1.165) is 11.3 Å². The van der Waals surface area contributed by atoms with Crippen molar-refractivity contribution in [3.8, 4) is 5.75 Å². The van der Waals surface area contributed by atoms with Gasteiger partial charge in [-0.15, -0.1) is 0 Å². The summed E-state index contributed by atoms with van der Waals surface area (Å²) in [7, 11) is 3.31. The second-order valence-electron chi connectivity index (χ2n) is 3.29. The summed E-state index contributed by atoms with van der Waals surface area (Å²) in [4.78, 5) is 0. The fourth-order valence-corrected chi connectivity index (χ4v) is 1.45. The second kappa shape index (κ2) is 4.98. The lowest BCUT2D eigenvalue weighted by atomic mass is 10.0. The Morgan fingerprint density at radius 3 is 2.07 bits per heavy atom. The van der Waals surface area contributed by atoms with E-state index in [9.17, 15) is 0 Å². The molecule has 0 saturated heterocycles. The lowest BCUT2D eigenvalue weighted by Crippen LogP contribution is -2.25. The Kier molecular flexibility index (Phi) is 3.92. The molecule has 0 spiro atoms. The fourth-order valence-electron chi connectivity index (χ4n) is 1.45. The van der Waals surface area contributed by atoms with Gasteiger partial charge in [-0.2, -0.15) is 0 Å². The van der Waals surface area contributed by atoms with Gasteiger partial charge in [-0.05, 0) is 24.6 Å². The number of hydrogen-bond acceptors (Lipinski definition) is 3. The molecule has 0 bridgehead atoms. The van der Waals surface area contributed by atoms with Crippen molar-refractivity contribution in [1.29, 1.82) is 0 Å². The number of ether oxygens (including phenoxy) is 2. The summed E-state index contributed by atoms with van der Waals surface area (Å²) < 4.78 is 10.4. The minimum Gasteiger partial charge on any atom is -0.497 e.